The largest absolute Gasteiger partial charge is 0.380 e. The van der Waals surface area contributed by atoms with Gasteiger partial charge in [0.15, 0.2) is 0 Å². The van der Waals surface area contributed by atoms with Gasteiger partial charge >= 0.3 is 0 Å². The summed E-state index contributed by atoms with van der Waals surface area (Å²) >= 11 is 0. The second-order valence-corrected chi connectivity index (χ2v) is 4.73. The SMILES string of the molecule is Cc1nccn1-c1ccc(NCc2cccc(F)c2)cn1. The van der Waals surface area contributed by atoms with Gasteiger partial charge in [0.2, 0.25) is 0 Å². The molecule has 0 aliphatic heterocycles. The lowest BCUT2D eigenvalue weighted by molar-refractivity contribution is 0.626. The highest BCUT2D eigenvalue weighted by Crippen LogP contribution is 2.13. The van der Waals surface area contributed by atoms with Crippen molar-refractivity contribution >= 4 is 5.69 Å². The number of aryl methyl sites for hydroxylation is 1. The average Bonchev–Trinajstić information content (AvgIpc) is 2.92. The van der Waals surface area contributed by atoms with E-state index in [0.29, 0.717) is 6.54 Å². The molecule has 3 aromatic rings. The summed E-state index contributed by atoms with van der Waals surface area (Å²) in [6.45, 7) is 2.49. The number of aromatic nitrogens is 3. The van der Waals surface area contributed by atoms with Gasteiger partial charge in [-0.25, -0.2) is 14.4 Å². The molecule has 0 fully saturated rings. The van der Waals surface area contributed by atoms with E-state index in [2.05, 4.69) is 15.3 Å². The Hall–Kier alpha value is -2.69. The highest BCUT2D eigenvalue weighted by atomic mass is 19.1. The molecule has 0 radical (unpaired) electrons. The van der Waals surface area contributed by atoms with Crippen LogP contribution in [0.3, 0.4) is 0 Å². The van der Waals surface area contributed by atoms with Crippen LogP contribution in [0.15, 0.2) is 55.0 Å². The smallest absolute Gasteiger partial charge is 0.138 e. The highest BCUT2D eigenvalue weighted by molar-refractivity contribution is 5.44. The van der Waals surface area contributed by atoms with E-state index in [9.17, 15) is 4.39 Å². The summed E-state index contributed by atoms with van der Waals surface area (Å²) in [5, 5.41) is 3.22. The average molecular weight is 282 g/mol. The van der Waals surface area contributed by atoms with E-state index in [4.69, 9.17) is 0 Å². The number of anilines is 1. The molecule has 3 rings (SSSR count). The quantitative estimate of drug-likeness (QED) is 0.798. The predicted octanol–water partition coefficient (Wildman–Crippen LogP) is 3.33. The van der Waals surface area contributed by atoms with Gasteiger partial charge in [-0.05, 0) is 36.8 Å². The van der Waals surface area contributed by atoms with Crippen molar-refractivity contribution < 1.29 is 4.39 Å². The Kier molecular flexibility index (Phi) is 3.64. The second kappa shape index (κ2) is 5.75. The topological polar surface area (TPSA) is 42.7 Å². The molecule has 0 atom stereocenters. The van der Waals surface area contributed by atoms with Crippen molar-refractivity contribution in [3.8, 4) is 5.82 Å². The molecular formula is C16H15FN4. The first-order valence-electron chi connectivity index (χ1n) is 6.67. The Labute approximate surface area is 122 Å². The number of hydrogen-bond donors (Lipinski definition) is 1. The summed E-state index contributed by atoms with van der Waals surface area (Å²) in [6.07, 6.45) is 5.37. The molecule has 0 saturated carbocycles. The van der Waals surface area contributed by atoms with Crippen molar-refractivity contribution in [3.63, 3.8) is 0 Å². The molecule has 5 heteroatoms. The van der Waals surface area contributed by atoms with Crippen molar-refractivity contribution in [1.82, 2.24) is 14.5 Å². The minimum Gasteiger partial charge on any atom is -0.380 e. The third-order valence-corrected chi connectivity index (χ3v) is 3.21. The normalized spacial score (nSPS) is 10.6. The molecule has 106 valence electrons. The van der Waals surface area contributed by atoms with Gasteiger partial charge in [-0.3, -0.25) is 4.57 Å². The van der Waals surface area contributed by atoms with Crippen molar-refractivity contribution in [2.75, 3.05) is 5.32 Å². The molecule has 21 heavy (non-hydrogen) atoms. The fourth-order valence-electron chi connectivity index (χ4n) is 2.10. The number of benzene rings is 1. The summed E-state index contributed by atoms with van der Waals surface area (Å²) in [6, 6.07) is 10.4. The Morgan fingerprint density at radius 1 is 1.19 bits per heavy atom. The molecule has 1 N–H and O–H groups in total. The van der Waals surface area contributed by atoms with Crippen LogP contribution in [0, 0.1) is 12.7 Å². The number of rotatable bonds is 4. The van der Waals surface area contributed by atoms with Crippen LogP contribution in [0.5, 0.6) is 0 Å². The minimum absolute atomic E-state index is 0.224. The van der Waals surface area contributed by atoms with Gasteiger partial charge in [0, 0.05) is 18.9 Å². The van der Waals surface area contributed by atoms with Crippen LogP contribution in [-0.4, -0.2) is 14.5 Å². The van der Waals surface area contributed by atoms with E-state index in [0.717, 1.165) is 22.9 Å². The molecular weight excluding hydrogens is 267 g/mol. The highest BCUT2D eigenvalue weighted by Gasteiger charge is 2.02. The summed E-state index contributed by atoms with van der Waals surface area (Å²) in [5.41, 5.74) is 1.78. The van der Waals surface area contributed by atoms with Crippen LogP contribution < -0.4 is 5.32 Å². The van der Waals surface area contributed by atoms with Crippen molar-refractivity contribution in [1.29, 1.82) is 0 Å². The van der Waals surface area contributed by atoms with Crippen LogP contribution in [-0.2, 0) is 6.54 Å². The Bertz CT molecular complexity index is 734. The summed E-state index contributed by atoms with van der Waals surface area (Å²) in [5.74, 6) is 1.49. The lowest BCUT2D eigenvalue weighted by Gasteiger charge is -2.08. The van der Waals surface area contributed by atoms with Crippen LogP contribution in [0.1, 0.15) is 11.4 Å². The maximum atomic E-state index is 13.1. The predicted molar refractivity (Wildman–Crippen MR) is 79.8 cm³/mol. The minimum atomic E-state index is -0.224. The number of hydrogen-bond acceptors (Lipinski definition) is 3. The molecule has 0 unspecified atom stereocenters. The number of imidazole rings is 1. The summed E-state index contributed by atoms with van der Waals surface area (Å²) in [4.78, 5) is 8.57. The Morgan fingerprint density at radius 2 is 2.10 bits per heavy atom. The van der Waals surface area contributed by atoms with Gasteiger partial charge in [0.1, 0.15) is 17.5 Å². The van der Waals surface area contributed by atoms with Gasteiger partial charge in [-0.1, -0.05) is 12.1 Å². The summed E-state index contributed by atoms with van der Waals surface area (Å²) < 4.78 is 15.0. The zero-order chi connectivity index (χ0) is 14.7. The van der Waals surface area contributed by atoms with E-state index in [1.165, 1.54) is 12.1 Å². The van der Waals surface area contributed by atoms with Crippen LogP contribution in [0.25, 0.3) is 5.82 Å². The molecule has 0 spiro atoms. The fourth-order valence-corrected chi connectivity index (χ4v) is 2.10. The van der Waals surface area contributed by atoms with E-state index < -0.39 is 0 Å². The molecule has 0 aliphatic carbocycles. The van der Waals surface area contributed by atoms with Crippen LogP contribution in [0.4, 0.5) is 10.1 Å². The Morgan fingerprint density at radius 3 is 2.76 bits per heavy atom. The van der Waals surface area contributed by atoms with Gasteiger partial charge in [-0.2, -0.15) is 0 Å². The number of nitrogens with one attached hydrogen (secondary N) is 1. The van der Waals surface area contributed by atoms with E-state index in [1.807, 2.05) is 35.9 Å². The van der Waals surface area contributed by atoms with E-state index >= 15 is 0 Å². The monoisotopic (exact) mass is 282 g/mol. The second-order valence-electron chi connectivity index (χ2n) is 4.73. The first-order chi connectivity index (χ1) is 10.2. The first-order valence-corrected chi connectivity index (χ1v) is 6.67. The number of pyridine rings is 1. The number of halogens is 1. The molecule has 2 aromatic heterocycles. The van der Waals surface area contributed by atoms with Gasteiger partial charge in [0.25, 0.3) is 0 Å². The molecule has 0 aliphatic rings. The Balaban J connectivity index is 1.69. The standard InChI is InChI=1S/C16H15FN4/c1-12-18-7-8-21(12)16-6-5-15(11-20-16)19-10-13-3-2-4-14(17)9-13/h2-9,11,19H,10H2,1H3. The fraction of sp³-hybridized carbons (Fsp3) is 0.125. The van der Waals surface area contributed by atoms with Gasteiger partial charge in [0.05, 0.1) is 11.9 Å². The van der Waals surface area contributed by atoms with Crippen molar-refractivity contribution in [2.45, 2.75) is 13.5 Å². The lowest BCUT2D eigenvalue weighted by atomic mass is 10.2. The van der Waals surface area contributed by atoms with E-state index in [-0.39, 0.29) is 5.82 Å². The molecule has 0 bridgehead atoms. The van der Waals surface area contributed by atoms with Crippen molar-refractivity contribution in [2.24, 2.45) is 0 Å². The lowest BCUT2D eigenvalue weighted by Crippen LogP contribution is -2.02. The maximum Gasteiger partial charge on any atom is 0.138 e. The first kappa shape index (κ1) is 13.3. The van der Waals surface area contributed by atoms with Crippen LogP contribution >= 0.6 is 0 Å². The maximum absolute atomic E-state index is 13.1. The van der Waals surface area contributed by atoms with Crippen LogP contribution in [0.2, 0.25) is 0 Å². The third-order valence-electron chi connectivity index (χ3n) is 3.21. The van der Waals surface area contributed by atoms with Crippen molar-refractivity contribution in [3.05, 3.63) is 72.2 Å². The molecule has 0 saturated heterocycles. The molecule has 2 heterocycles. The van der Waals surface area contributed by atoms with Gasteiger partial charge in [-0.15, -0.1) is 0 Å². The molecule has 0 amide bonds. The zero-order valence-corrected chi connectivity index (χ0v) is 11.6. The molecule has 1 aromatic carbocycles. The number of nitrogens with zero attached hydrogens (tertiary/aromatic N) is 3. The summed E-state index contributed by atoms with van der Waals surface area (Å²) in [7, 11) is 0. The third kappa shape index (κ3) is 3.08. The molecule has 4 nitrogen and oxygen atoms in total. The van der Waals surface area contributed by atoms with Gasteiger partial charge < -0.3 is 5.32 Å². The van der Waals surface area contributed by atoms with E-state index in [1.54, 1.807) is 18.5 Å². The zero-order valence-electron chi connectivity index (χ0n) is 11.6.